The van der Waals surface area contributed by atoms with E-state index in [0.717, 1.165) is 24.6 Å². The molecule has 12 nitrogen and oxygen atoms in total. The molecule has 18 heteroatoms. The van der Waals surface area contributed by atoms with Gasteiger partial charge in [-0.2, -0.15) is 10.2 Å². The Bertz CT molecular complexity index is 816. The maximum Gasteiger partial charge on any atom is 0.212 e. The van der Waals surface area contributed by atoms with Gasteiger partial charge in [-0.25, -0.2) is 29.6 Å². The van der Waals surface area contributed by atoms with Gasteiger partial charge in [0.1, 0.15) is 14.8 Å². The lowest BCUT2D eigenvalue weighted by molar-refractivity contribution is -0.720. The number of rotatable bonds is 8. The second-order valence-corrected chi connectivity index (χ2v) is 10.9. The van der Waals surface area contributed by atoms with Crippen LogP contribution in [-0.2, 0) is 13.3 Å². The zero-order chi connectivity index (χ0) is 20.5. The second-order valence-electron chi connectivity index (χ2n) is 4.70. The Kier molecular flexibility index (Phi) is 9.50. The standard InChI is InChI=1S/C9H6I6N8O4/c10-4-6(12)16-20(8(4)14)2-18(22(24)25)1-19(23(26)27)3-21-9(15)5(11)7(13)17-21/h1-3H2. The summed E-state index contributed by atoms with van der Waals surface area (Å²) < 4.78 is 7.50. The zero-order valence-electron chi connectivity index (χ0n) is 12.6. The lowest BCUT2D eigenvalue weighted by Crippen LogP contribution is -2.45. The number of nitrogens with zero attached hydrogens (tertiary/aromatic N) is 8. The molecule has 148 valence electrons. The molecule has 0 saturated heterocycles. The van der Waals surface area contributed by atoms with Crippen molar-refractivity contribution in [3.8, 4) is 0 Å². The first-order chi connectivity index (χ1) is 12.5. The monoisotopic (exact) mass is 1050 g/mol. The largest absolute Gasteiger partial charge is 0.235 e. The van der Waals surface area contributed by atoms with E-state index in [9.17, 15) is 20.2 Å². The molecule has 0 amide bonds. The molecule has 2 aromatic heterocycles. The summed E-state index contributed by atoms with van der Waals surface area (Å²) in [5.74, 6) is 0. The summed E-state index contributed by atoms with van der Waals surface area (Å²) in [7, 11) is 0. The van der Waals surface area contributed by atoms with Gasteiger partial charge in [-0.05, 0) is 136 Å². The summed E-state index contributed by atoms with van der Waals surface area (Å²) >= 11 is 12.3. The minimum atomic E-state index is -0.671. The number of halogens is 6. The molecular formula is C9H6I6N8O4. The first kappa shape index (κ1) is 24.5. The number of hydrogen-bond acceptors (Lipinski definition) is 6. The van der Waals surface area contributed by atoms with E-state index < -0.39 is 16.7 Å². The Morgan fingerprint density at radius 2 is 1.11 bits per heavy atom. The van der Waals surface area contributed by atoms with Gasteiger partial charge in [-0.15, -0.1) is 0 Å². The van der Waals surface area contributed by atoms with Gasteiger partial charge in [-0.3, -0.25) is 0 Å². The highest BCUT2D eigenvalue weighted by atomic mass is 127. The molecule has 0 fully saturated rings. The van der Waals surface area contributed by atoms with Crippen LogP contribution in [0.15, 0.2) is 0 Å². The van der Waals surface area contributed by atoms with E-state index >= 15 is 0 Å². The Labute approximate surface area is 233 Å². The zero-order valence-corrected chi connectivity index (χ0v) is 25.5. The highest BCUT2D eigenvalue weighted by Crippen LogP contribution is 2.22. The van der Waals surface area contributed by atoms with Crippen LogP contribution < -0.4 is 0 Å². The van der Waals surface area contributed by atoms with Crippen molar-refractivity contribution in [2.45, 2.75) is 13.3 Å². The van der Waals surface area contributed by atoms with Gasteiger partial charge in [0.15, 0.2) is 23.4 Å². The predicted octanol–water partition coefficient (Wildman–Crippen LogP) is 3.27. The summed E-state index contributed by atoms with van der Waals surface area (Å²) in [6.45, 7) is -0.980. The predicted molar refractivity (Wildman–Crippen MR) is 143 cm³/mol. The average Bonchev–Trinajstić information content (AvgIpc) is 2.97. The van der Waals surface area contributed by atoms with E-state index in [-0.39, 0.29) is 13.3 Å². The molecule has 0 bridgehead atoms. The van der Waals surface area contributed by atoms with E-state index in [1.165, 1.54) is 9.36 Å². The molecule has 0 radical (unpaired) electrons. The Hall–Kier alpha value is 1.20. The minimum absolute atomic E-state index is 0.222. The number of hydrogen-bond donors (Lipinski definition) is 0. The fraction of sp³-hybridized carbons (Fsp3) is 0.333. The van der Waals surface area contributed by atoms with Crippen LogP contribution in [-0.4, -0.2) is 46.3 Å². The van der Waals surface area contributed by atoms with E-state index in [1.54, 1.807) is 0 Å². The molecule has 0 saturated carbocycles. The van der Waals surface area contributed by atoms with Crippen LogP contribution in [0.3, 0.4) is 0 Å². The quantitative estimate of drug-likeness (QED) is 0.171. The van der Waals surface area contributed by atoms with Crippen molar-refractivity contribution in [2.75, 3.05) is 6.67 Å². The van der Waals surface area contributed by atoms with Gasteiger partial charge in [0.25, 0.3) is 0 Å². The summed E-state index contributed by atoms with van der Waals surface area (Å²) in [4.78, 5) is 22.9. The SMILES string of the molecule is O=[N+]([O-])N(CN(Cn1nc(I)c(I)c1I)[N+](=O)[O-])Cn1nc(I)c(I)c1I. The maximum absolute atomic E-state index is 11.5. The van der Waals surface area contributed by atoms with Crippen LogP contribution in [0, 0.1) is 42.2 Å². The fourth-order valence-electron chi connectivity index (χ4n) is 1.77. The number of aromatic nitrogens is 4. The number of nitro groups is 2. The summed E-state index contributed by atoms with van der Waals surface area (Å²) in [6, 6.07) is 0. The van der Waals surface area contributed by atoms with E-state index in [4.69, 9.17) is 0 Å². The molecule has 2 heterocycles. The maximum atomic E-state index is 11.5. The van der Waals surface area contributed by atoms with E-state index in [0.29, 0.717) is 7.40 Å². The van der Waals surface area contributed by atoms with Crippen LogP contribution in [0.25, 0.3) is 0 Å². The molecule has 0 aliphatic heterocycles. The molecule has 0 atom stereocenters. The first-order valence-electron chi connectivity index (χ1n) is 6.46. The van der Waals surface area contributed by atoms with Gasteiger partial charge < -0.3 is 0 Å². The van der Waals surface area contributed by atoms with Crippen LogP contribution in [0.4, 0.5) is 0 Å². The molecular weight excluding hydrogens is 1050 g/mol. The normalized spacial score (nSPS) is 10.9. The number of hydrazine groups is 2. The third kappa shape index (κ3) is 6.10. The third-order valence-electron chi connectivity index (χ3n) is 2.98. The Balaban J connectivity index is 2.22. The van der Waals surface area contributed by atoms with Crippen molar-refractivity contribution in [3.05, 3.63) is 42.2 Å². The molecule has 0 unspecified atom stereocenters. The van der Waals surface area contributed by atoms with Gasteiger partial charge in [0.05, 0.1) is 7.14 Å². The van der Waals surface area contributed by atoms with Crippen molar-refractivity contribution >= 4 is 136 Å². The molecule has 0 aliphatic carbocycles. The minimum Gasteiger partial charge on any atom is -0.235 e. The molecule has 0 aromatic carbocycles. The summed E-state index contributed by atoms with van der Waals surface area (Å²) in [5.41, 5.74) is 0. The smallest absolute Gasteiger partial charge is 0.212 e. The first-order valence-corrected chi connectivity index (χ1v) is 12.9. The lowest BCUT2D eigenvalue weighted by Gasteiger charge is -2.20. The molecule has 2 aromatic rings. The van der Waals surface area contributed by atoms with Crippen molar-refractivity contribution in [1.82, 2.24) is 29.6 Å². The van der Waals surface area contributed by atoms with Crippen LogP contribution in [0.5, 0.6) is 0 Å². The van der Waals surface area contributed by atoms with E-state index in [1.807, 2.05) is 90.4 Å². The van der Waals surface area contributed by atoms with Crippen molar-refractivity contribution in [3.63, 3.8) is 0 Å². The second kappa shape index (κ2) is 10.5. The topological polar surface area (TPSA) is 128 Å². The third-order valence-corrected chi connectivity index (χ3v) is 12.9. The van der Waals surface area contributed by atoms with Crippen molar-refractivity contribution < 1.29 is 10.1 Å². The van der Waals surface area contributed by atoms with Gasteiger partial charge in [0.2, 0.25) is 6.67 Å². The van der Waals surface area contributed by atoms with E-state index in [2.05, 4.69) is 55.4 Å². The van der Waals surface area contributed by atoms with Gasteiger partial charge >= 0.3 is 0 Å². The molecule has 0 spiro atoms. The average molecular weight is 1050 g/mol. The molecule has 0 N–H and O–H groups in total. The fourth-order valence-corrected chi connectivity index (χ4v) is 5.63. The van der Waals surface area contributed by atoms with Crippen molar-refractivity contribution in [2.24, 2.45) is 0 Å². The molecule has 27 heavy (non-hydrogen) atoms. The summed E-state index contributed by atoms with van der Waals surface area (Å²) in [5, 5.41) is 31.5. The van der Waals surface area contributed by atoms with Gasteiger partial charge in [0, 0.05) is 0 Å². The Morgan fingerprint density at radius 1 is 0.778 bits per heavy atom. The van der Waals surface area contributed by atoms with Crippen molar-refractivity contribution in [1.29, 1.82) is 0 Å². The lowest BCUT2D eigenvalue weighted by atomic mass is 10.7. The highest BCUT2D eigenvalue weighted by molar-refractivity contribution is 14.1. The van der Waals surface area contributed by atoms with Crippen LogP contribution >= 0.6 is 136 Å². The highest BCUT2D eigenvalue weighted by Gasteiger charge is 2.28. The molecule has 2 rings (SSSR count). The van der Waals surface area contributed by atoms with Gasteiger partial charge in [-0.1, -0.05) is 10.0 Å². The molecule has 0 aliphatic rings. The van der Waals surface area contributed by atoms with Crippen LogP contribution in [0.2, 0.25) is 0 Å². The van der Waals surface area contributed by atoms with Crippen LogP contribution in [0.1, 0.15) is 0 Å². The Morgan fingerprint density at radius 3 is 1.33 bits per heavy atom. The summed E-state index contributed by atoms with van der Waals surface area (Å²) in [6.07, 6.45) is 0.